The molecule has 0 aromatic rings. The highest BCUT2D eigenvalue weighted by Crippen LogP contribution is 2.37. The van der Waals surface area contributed by atoms with Crippen molar-refractivity contribution in [2.75, 3.05) is 7.11 Å². The van der Waals surface area contributed by atoms with Gasteiger partial charge in [0.15, 0.2) is 0 Å². The van der Waals surface area contributed by atoms with Crippen LogP contribution in [-0.2, 0) is 4.74 Å². The van der Waals surface area contributed by atoms with E-state index >= 15 is 0 Å². The molecule has 1 heteroatoms. The summed E-state index contributed by atoms with van der Waals surface area (Å²) in [6.45, 7) is 2.33. The minimum Gasteiger partial charge on any atom is -0.381 e. The van der Waals surface area contributed by atoms with Crippen LogP contribution in [0.15, 0.2) is 12.2 Å². The topological polar surface area (TPSA) is 9.23 Å². The van der Waals surface area contributed by atoms with E-state index in [1.165, 1.54) is 38.5 Å². The predicted molar refractivity (Wildman–Crippen MR) is 63.8 cm³/mol. The van der Waals surface area contributed by atoms with Gasteiger partial charge >= 0.3 is 0 Å². The molecule has 0 radical (unpaired) electrons. The highest BCUT2D eigenvalue weighted by Gasteiger charge is 2.27. The molecule has 0 spiro atoms. The van der Waals surface area contributed by atoms with Gasteiger partial charge in [-0.1, -0.05) is 19.1 Å². The van der Waals surface area contributed by atoms with Crippen LogP contribution in [0.4, 0.5) is 0 Å². The van der Waals surface area contributed by atoms with Gasteiger partial charge in [-0.15, -0.1) is 0 Å². The second-order valence-corrected chi connectivity index (χ2v) is 5.38. The fourth-order valence-corrected chi connectivity index (χ4v) is 3.13. The van der Waals surface area contributed by atoms with E-state index in [0.29, 0.717) is 6.10 Å². The van der Waals surface area contributed by atoms with Crippen molar-refractivity contribution < 1.29 is 4.74 Å². The molecule has 2 atom stereocenters. The van der Waals surface area contributed by atoms with Crippen LogP contribution < -0.4 is 0 Å². The molecular formula is C14H24O. The van der Waals surface area contributed by atoms with Crippen molar-refractivity contribution in [1.29, 1.82) is 0 Å². The Labute approximate surface area is 93.9 Å². The largest absolute Gasteiger partial charge is 0.381 e. The number of methoxy groups -OCH3 is 1. The molecule has 2 unspecified atom stereocenters. The SMILES string of the molecule is COC1CCC(C2C=CC(C)CC2)CC1. The van der Waals surface area contributed by atoms with Crippen molar-refractivity contribution >= 4 is 0 Å². The van der Waals surface area contributed by atoms with E-state index in [1.807, 2.05) is 7.11 Å². The summed E-state index contributed by atoms with van der Waals surface area (Å²) in [5.41, 5.74) is 0. The smallest absolute Gasteiger partial charge is 0.0571 e. The van der Waals surface area contributed by atoms with Gasteiger partial charge in [-0.25, -0.2) is 0 Å². The molecule has 15 heavy (non-hydrogen) atoms. The second kappa shape index (κ2) is 5.16. The first kappa shape index (κ1) is 11.2. The zero-order chi connectivity index (χ0) is 10.7. The Morgan fingerprint density at radius 3 is 2.20 bits per heavy atom. The lowest BCUT2D eigenvalue weighted by Crippen LogP contribution is -2.25. The standard InChI is InChI=1S/C14H24O/c1-11-3-5-12(6-4-11)13-7-9-14(15-2)10-8-13/h3,5,11-14H,4,6-10H2,1-2H3. The highest BCUT2D eigenvalue weighted by molar-refractivity contribution is 4.99. The zero-order valence-corrected chi connectivity index (χ0v) is 10.1. The average Bonchev–Trinajstić information content (AvgIpc) is 2.30. The molecule has 0 amide bonds. The van der Waals surface area contributed by atoms with Gasteiger partial charge in [-0.3, -0.25) is 0 Å². The number of ether oxygens (including phenoxy) is 1. The fraction of sp³-hybridized carbons (Fsp3) is 0.857. The third-order valence-corrected chi connectivity index (χ3v) is 4.30. The molecule has 1 saturated carbocycles. The Hall–Kier alpha value is -0.300. The molecule has 0 heterocycles. The Bertz CT molecular complexity index is 213. The lowest BCUT2D eigenvalue weighted by Gasteiger charge is -2.34. The summed E-state index contributed by atoms with van der Waals surface area (Å²) >= 11 is 0. The van der Waals surface area contributed by atoms with Crippen molar-refractivity contribution in [2.45, 2.75) is 51.6 Å². The molecule has 2 aliphatic carbocycles. The zero-order valence-electron chi connectivity index (χ0n) is 10.1. The quantitative estimate of drug-likeness (QED) is 0.627. The minimum absolute atomic E-state index is 0.549. The summed E-state index contributed by atoms with van der Waals surface area (Å²) in [6.07, 6.45) is 13.6. The normalized spacial score (nSPS) is 41.7. The maximum Gasteiger partial charge on any atom is 0.0571 e. The van der Waals surface area contributed by atoms with Crippen LogP contribution in [0.1, 0.15) is 45.4 Å². The van der Waals surface area contributed by atoms with Crippen LogP contribution >= 0.6 is 0 Å². The third-order valence-electron chi connectivity index (χ3n) is 4.30. The number of allylic oxidation sites excluding steroid dienone is 2. The minimum atomic E-state index is 0.549. The van der Waals surface area contributed by atoms with E-state index in [0.717, 1.165) is 17.8 Å². The highest BCUT2D eigenvalue weighted by atomic mass is 16.5. The molecule has 2 rings (SSSR count). The first-order chi connectivity index (χ1) is 7.29. The Kier molecular flexibility index (Phi) is 3.85. The van der Waals surface area contributed by atoms with Crippen LogP contribution in [-0.4, -0.2) is 13.2 Å². The number of hydrogen-bond acceptors (Lipinski definition) is 1. The predicted octanol–water partition coefficient (Wildman–Crippen LogP) is 3.79. The van der Waals surface area contributed by atoms with Crippen LogP contribution in [0.2, 0.25) is 0 Å². The summed E-state index contributed by atoms with van der Waals surface area (Å²) in [7, 11) is 1.85. The van der Waals surface area contributed by atoms with Gasteiger partial charge in [-0.05, 0) is 56.3 Å². The van der Waals surface area contributed by atoms with Crippen LogP contribution in [0, 0.1) is 17.8 Å². The lowest BCUT2D eigenvalue weighted by atomic mass is 9.74. The molecule has 2 aliphatic rings. The van der Waals surface area contributed by atoms with Crippen molar-refractivity contribution in [1.82, 2.24) is 0 Å². The van der Waals surface area contributed by atoms with Crippen molar-refractivity contribution in [3.05, 3.63) is 12.2 Å². The van der Waals surface area contributed by atoms with E-state index in [9.17, 15) is 0 Å². The summed E-state index contributed by atoms with van der Waals surface area (Å²) in [5, 5.41) is 0. The Balaban J connectivity index is 1.83. The van der Waals surface area contributed by atoms with E-state index in [2.05, 4.69) is 19.1 Å². The van der Waals surface area contributed by atoms with Crippen LogP contribution in [0.25, 0.3) is 0 Å². The summed E-state index contributed by atoms with van der Waals surface area (Å²) in [5.74, 6) is 2.63. The second-order valence-electron chi connectivity index (χ2n) is 5.38. The van der Waals surface area contributed by atoms with E-state index in [4.69, 9.17) is 4.74 Å². The number of rotatable bonds is 2. The molecule has 1 fully saturated rings. The Morgan fingerprint density at radius 2 is 1.67 bits per heavy atom. The average molecular weight is 208 g/mol. The first-order valence-corrected chi connectivity index (χ1v) is 6.50. The van der Waals surface area contributed by atoms with Gasteiger partial charge in [0.25, 0.3) is 0 Å². The number of hydrogen-bond donors (Lipinski definition) is 0. The van der Waals surface area contributed by atoms with Gasteiger partial charge in [-0.2, -0.15) is 0 Å². The fourth-order valence-electron chi connectivity index (χ4n) is 3.13. The van der Waals surface area contributed by atoms with Gasteiger partial charge < -0.3 is 4.74 Å². The van der Waals surface area contributed by atoms with Gasteiger partial charge in [0.05, 0.1) is 6.10 Å². The van der Waals surface area contributed by atoms with Crippen molar-refractivity contribution in [2.24, 2.45) is 17.8 Å². The summed E-state index contributed by atoms with van der Waals surface area (Å²) in [4.78, 5) is 0. The Morgan fingerprint density at radius 1 is 0.933 bits per heavy atom. The van der Waals surface area contributed by atoms with Gasteiger partial charge in [0, 0.05) is 7.11 Å². The third kappa shape index (κ3) is 2.84. The molecule has 0 N–H and O–H groups in total. The molecule has 0 aromatic heterocycles. The lowest BCUT2D eigenvalue weighted by molar-refractivity contribution is 0.0488. The maximum absolute atomic E-state index is 5.43. The monoisotopic (exact) mass is 208 g/mol. The van der Waals surface area contributed by atoms with E-state index < -0.39 is 0 Å². The van der Waals surface area contributed by atoms with E-state index in [-0.39, 0.29) is 0 Å². The van der Waals surface area contributed by atoms with Crippen molar-refractivity contribution in [3.8, 4) is 0 Å². The molecule has 0 aromatic carbocycles. The molecule has 1 nitrogen and oxygen atoms in total. The first-order valence-electron chi connectivity index (χ1n) is 6.50. The van der Waals surface area contributed by atoms with Crippen LogP contribution in [0.5, 0.6) is 0 Å². The van der Waals surface area contributed by atoms with Gasteiger partial charge in [0.1, 0.15) is 0 Å². The molecule has 86 valence electrons. The maximum atomic E-state index is 5.43. The molecule has 0 saturated heterocycles. The van der Waals surface area contributed by atoms with Crippen LogP contribution in [0.3, 0.4) is 0 Å². The van der Waals surface area contributed by atoms with E-state index in [1.54, 1.807) is 0 Å². The summed E-state index contributed by atoms with van der Waals surface area (Å²) < 4.78 is 5.43. The molecule has 0 aliphatic heterocycles. The van der Waals surface area contributed by atoms with Crippen molar-refractivity contribution in [3.63, 3.8) is 0 Å². The van der Waals surface area contributed by atoms with Gasteiger partial charge in [0.2, 0.25) is 0 Å². The molecular weight excluding hydrogens is 184 g/mol. The summed E-state index contributed by atoms with van der Waals surface area (Å²) in [6, 6.07) is 0. The molecule has 0 bridgehead atoms.